The zero-order chi connectivity index (χ0) is 38.9. The lowest BCUT2D eigenvalue weighted by molar-refractivity contribution is -0.145. The lowest BCUT2D eigenvalue weighted by atomic mass is 10.0. The van der Waals surface area contributed by atoms with Crippen molar-refractivity contribution in [2.24, 2.45) is 0 Å². The maximum Gasteiger partial charge on any atom is 0.416 e. The van der Waals surface area contributed by atoms with Crippen molar-refractivity contribution >= 4 is 40.7 Å². The molecule has 0 bridgehead atoms. The Morgan fingerprint density at radius 3 is 2.09 bits per heavy atom. The molecule has 1 atom stereocenters. The molecule has 2 amide bonds. The number of hydrogen-bond donors (Lipinski definition) is 0. The number of alkyl halides is 3. The van der Waals surface area contributed by atoms with Gasteiger partial charge in [-0.05, 0) is 81.6 Å². The van der Waals surface area contributed by atoms with E-state index in [1.165, 1.54) is 41.2 Å². The number of amides is 2. The minimum atomic E-state index is -4.46. The van der Waals surface area contributed by atoms with Gasteiger partial charge in [-0.15, -0.1) is 0 Å². The van der Waals surface area contributed by atoms with Crippen LogP contribution in [0.15, 0.2) is 126 Å². The number of rotatable bonds is 12. The Morgan fingerprint density at radius 1 is 0.750 bits per heavy atom. The van der Waals surface area contributed by atoms with Crippen molar-refractivity contribution in [3.63, 3.8) is 0 Å². The number of hydrogen-bond acceptors (Lipinski definition) is 7. The summed E-state index contributed by atoms with van der Waals surface area (Å²) in [6, 6.07) is 30.2. The molecule has 0 aliphatic carbocycles. The van der Waals surface area contributed by atoms with Gasteiger partial charge in [-0.2, -0.15) is 24.5 Å². The summed E-state index contributed by atoms with van der Waals surface area (Å²) in [4.78, 5) is 43.8. The van der Waals surface area contributed by atoms with Crippen LogP contribution >= 0.6 is 11.3 Å². The molecule has 7 rings (SSSR count). The van der Waals surface area contributed by atoms with Crippen LogP contribution in [-0.4, -0.2) is 89.9 Å². The van der Waals surface area contributed by atoms with E-state index in [4.69, 9.17) is 0 Å². The smallest absolute Gasteiger partial charge is 0.368 e. The Labute approximate surface area is 330 Å². The molecule has 2 aliphatic rings. The highest BCUT2D eigenvalue weighted by atomic mass is 32.1. The van der Waals surface area contributed by atoms with Gasteiger partial charge < -0.3 is 19.6 Å². The summed E-state index contributed by atoms with van der Waals surface area (Å²) >= 11 is 1.54. The van der Waals surface area contributed by atoms with Crippen molar-refractivity contribution in [2.45, 2.75) is 31.7 Å². The minimum absolute atomic E-state index is 0.116. The molecule has 2 aliphatic heterocycles. The second kappa shape index (κ2) is 18.0. The lowest BCUT2D eigenvalue weighted by Gasteiger charge is -2.39. The lowest BCUT2D eigenvalue weighted by Crippen LogP contribution is -2.56. The average molecular weight is 779 g/mol. The van der Waals surface area contributed by atoms with Gasteiger partial charge in [0.15, 0.2) is 0 Å². The standard InChI is InChI=1S/C44H45F3N6O2S/c45-44(46,47)38-14-9-34(10-15-38)13-18-42(54)53(32-36-11-16-39(17-12-36)50-25-27-51(28-26-50)41-8-4-5-20-48-41)40(30-37-19-29-56-33-37)43(55)52-23-21-49(22-24-52)31-35-6-2-1-3-7-35/h1-20,29,33,40H,21-28,30-32H2/b18-13+/t40-/m0/s1. The number of halogens is 3. The molecule has 2 fully saturated rings. The first-order chi connectivity index (χ1) is 27.2. The summed E-state index contributed by atoms with van der Waals surface area (Å²) in [6.45, 7) is 6.86. The maximum atomic E-state index is 14.6. The van der Waals surface area contributed by atoms with Gasteiger partial charge in [-0.1, -0.05) is 60.7 Å². The molecule has 8 nitrogen and oxygen atoms in total. The van der Waals surface area contributed by atoms with Crippen LogP contribution < -0.4 is 9.80 Å². The second-order valence-electron chi connectivity index (χ2n) is 14.2. The van der Waals surface area contributed by atoms with Gasteiger partial charge >= 0.3 is 6.18 Å². The predicted octanol–water partition coefficient (Wildman–Crippen LogP) is 7.49. The average Bonchev–Trinajstić information content (AvgIpc) is 3.76. The number of piperazine rings is 2. The van der Waals surface area contributed by atoms with Crippen LogP contribution in [-0.2, 0) is 35.3 Å². The van der Waals surface area contributed by atoms with Crippen molar-refractivity contribution in [2.75, 3.05) is 62.2 Å². The van der Waals surface area contributed by atoms with Crippen molar-refractivity contribution < 1.29 is 22.8 Å². The van der Waals surface area contributed by atoms with E-state index in [0.29, 0.717) is 38.2 Å². The second-order valence-corrected chi connectivity index (χ2v) is 15.0. The van der Waals surface area contributed by atoms with Gasteiger partial charge in [-0.25, -0.2) is 4.98 Å². The summed E-state index contributed by atoms with van der Waals surface area (Å²) in [7, 11) is 0. The highest BCUT2D eigenvalue weighted by molar-refractivity contribution is 7.07. The zero-order valence-electron chi connectivity index (χ0n) is 31.1. The third-order valence-electron chi connectivity index (χ3n) is 10.5. The molecular formula is C44H45F3N6O2S. The fourth-order valence-corrected chi connectivity index (χ4v) is 7.95. The number of aromatic nitrogens is 1. The fourth-order valence-electron chi connectivity index (χ4n) is 7.27. The van der Waals surface area contributed by atoms with Crippen LogP contribution in [0.5, 0.6) is 0 Å². The molecule has 5 aromatic rings. The van der Waals surface area contributed by atoms with Gasteiger partial charge in [0.1, 0.15) is 11.9 Å². The van der Waals surface area contributed by atoms with Crippen molar-refractivity contribution in [3.05, 3.63) is 154 Å². The van der Waals surface area contributed by atoms with Crippen molar-refractivity contribution in [1.82, 2.24) is 19.7 Å². The van der Waals surface area contributed by atoms with E-state index in [1.807, 2.05) is 76.5 Å². The first kappa shape index (κ1) is 38.8. The number of thiophene rings is 1. The van der Waals surface area contributed by atoms with E-state index in [9.17, 15) is 22.8 Å². The molecule has 0 unspecified atom stereocenters. The van der Waals surface area contributed by atoms with E-state index in [2.05, 4.69) is 43.9 Å². The highest BCUT2D eigenvalue weighted by Crippen LogP contribution is 2.29. The van der Waals surface area contributed by atoms with E-state index >= 15 is 0 Å². The number of pyridine rings is 1. The van der Waals surface area contributed by atoms with Gasteiger partial charge in [0.25, 0.3) is 0 Å². The van der Waals surface area contributed by atoms with Crippen LogP contribution in [0.3, 0.4) is 0 Å². The topological polar surface area (TPSA) is 63.2 Å². The van der Waals surface area contributed by atoms with Gasteiger partial charge in [0.2, 0.25) is 11.8 Å². The normalized spacial score (nSPS) is 15.9. The van der Waals surface area contributed by atoms with Crippen LogP contribution in [0.4, 0.5) is 24.7 Å². The highest BCUT2D eigenvalue weighted by Gasteiger charge is 2.34. The molecule has 56 heavy (non-hydrogen) atoms. The Hall–Kier alpha value is -5.46. The quantitative estimate of drug-likeness (QED) is 0.123. The maximum absolute atomic E-state index is 14.6. The number of anilines is 2. The van der Waals surface area contributed by atoms with Crippen molar-refractivity contribution in [1.29, 1.82) is 0 Å². The number of benzene rings is 3. The Balaban J connectivity index is 1.10. The number of carbonyl (C=O) groups is 2. The molecule has 0 saturated carbocycles. The molecule has 0 radical (unpaired) electrons. The molecule has 2 saturated heterocycles. The van der Waals surface area contributed by atoms with Crippen LogP contribution in [0.1, 0.15) is 27.8 Å². The van der Waals surface area contributed by atoms with Crippen molar-refractivity contribution in [3.8, 4) is 0 Å². The predicted molar refractivity (Wildman–Crippen MR) is 216 cm³/mol. The fraction of sp³-hybridized carbons (Fsp3) is 0.295. The van der Waals surface area contributed by atoms with Crippen LogP contribution in [0, 0.1) is 0 Å². The summed E-state index contributed by atoms with van der Waals surface area (Å²) < 4.78 is 39.7. The van der Waals surface area contributed by atoms with Gasteiger partial charge in [0.05, 0.1) is 5.56 Å². The Kier molecular flexibility index (Phi) is 12.5. The first-order valence-corrected chi connectivity index (χ1v) is 19.9. The van der Waals surface area contributed by atoms with Gasteiger partial charge in [0, 0.05) is 89.8 Å². The Morgan fingerprint density at radius 2 is 1.45 bits per heavy atom. The van der Waals surface area contributed by atoms with E-state index in [0.717, 1.165) is 67.5 Å². The molecule has 2 aromatic heterocycles. The number of nitrogens with zero attached hydrogens (tertiary/aromatic N) is 6. The zero-order valence-corrected chi connectivity index (χ0v) is 31.9. The molecule has 290 valence electrons. The van der Waals surface area contributed by atoms with Crippen LogP contribution in [0.2, 0.25) is 0 Å². The molecule has 0 spiro atoms. The Bertz CT molecular complexity index is 2030. The van der Waals surface area contributed by atoms with E-state index < -0.39 is 23.7 Å². The largest absolute Gasteiger partial charge is 0.416 e. The van der Waals surface area contributed by atoms with E-state index in [1.54, 1.807) is 4.90 Å². The van der Waals surface area contributed by atoms with Crippen LogP contribution in [0.25, 0.3) is 6.08 Å². The minimum Gasteiger partial charge on any atom is -0.368 e. The molecule has 4 heterocycles. The SMILES string of the molecule is O=C([C@H](Cc1ccsc1)N(Cc1ccc(N2CCN(c3ccccn3)CC2)cc1)C(=O)/C=C/c1ccc(C(F)(F)F)cc1)N1CCN(Cc2ccccc2)CC1. The monoisotopic (exact) mass is 778 g/mol. The third kappa shape index (κ3) is 10.0. The first-order valence-electron chi connectivity index (χ1n) is 18.9. The number of carbonyl (C=O) groups excluding carboxylic acids is 2. The molecule has 0 N–H and O–H groups in total. The summed E-state index contributed by atoms with van der Waals surface area (Å²) in [5.41, 5.74) is 3.82. The molecular weight excluding hydrogens is 734 g/mol. The summed E-state index contributed by atoms with van der Waals surface area (Å²) in [5.74, 6) is 0.463. The molecule has 3 aromatic carbocycles. The summed E-state index contributed by atoms with van der Waals surface area (Å²) in [6.07, 6.45) is 0.567. The van der Waals surface area contributed by atoms with E-state index in [-0.39, 0.29) is 12.5 Å². The summed E-state index contributed by atoms with van der Waals surface area (Å²) in [5, 5.41) is 3.96. The van der Waals surface area contributed by atoms with Gasteiger partial charge in [-0.3, -0.25) is 14.5 Å². The molecule has 12 heteroatoms. The third-order valence-corrected chi connectivity index (χ3v) is 11.2.